The van der Waals surface area contributed by atoms with Crippen LogP contribution in [0.15, 0.2) is 182 Å². The number of hydrogen-bond acceptors (Lipinski definition) is 2. The Kier molecular flexibility index (Phi) is 8.37. The fourth-order valence-electron chi connectivity index (χ4n) is 15.7. The van der Waals surface area contributed by atoms with E-state index in [1.165, 1.54) is 139 Å². The summed E-state index contributed by atoms with van der Waals surface area (Å²) in [6, 6.07) is 70.7. The van der Waals surface area contributed by atoms with Crippen LogP contribution >= 0.6 is 0 Å². The molecule has 4 aliphatic carbocycles. The molecule has 8 aromatic rings. The van der Waals surface area contributed by atoms with Crippen LogP contribution in [0, 0.1) is 11.8 Å². The highest BCUT2D eigenvalue weighted by atomic mass is 15.2. The molecule has 6 atom stereocenters. The van der Waals surface area contributed by atoms with E-state index in [9.17, 15) is 0 Å². The lowest BCUT2D eigenvalue weighted by molar-refractivity contribution is 0.223. The second kappa shape index (κ2) is 14.2. The Bertz CT molecular complexity index is 3090. The third-order valence-corrected chi connectivity index (χ3v) is 18.2. The Balaban J connectivity index is 0.939. The maximum absolute atomic E-state index is 2.69. The lowest BCUT2D eigenvalue weighted by Crippen LogP contribution is -2.47. The summed E-state index contributed by atoms with van der Waals surface area (Å²) in [4.78, 5) is 5.39. The molecule has 2 aliphatic heterocycles. The molecule has 0 saturated heterocycles. The van der Waals surface area contributed by atoms with Crippen molar-refractivity contribution < 1.29 is 0 Å². The lowest BCUT2D eigenvalue weighted by Gasteiger charge is -2.46. The average Bonchev–Trinajstić information content (AvgIpc) is 4.02. The highest BCUT2D eigenvalue weighted by Gasteiger charge is 2.55. The van der Waals surface area contributed by atoms with Crippen LogP contribution in [-0.4, -0.2) is 11.1 Å². The summed E-state index contributed by atoms with van der Waals surface area (Å²) in [5.41, 5.74) is 24.3. The standard InChI is InChI=1S/C65H58N2/c1-41-17-15-35-63(3)61(41)53-37-43(29-33-59(53)66(63)47-19-7-5-8-20-47)45-27-31-51-52-32-28-46(40-58(52)65(57(51)39-45)55-25-13-11-23-49(55)50-24-12-14-26-56(50)65)44-30-34-60-54(38-44)62-42(2)18-16-36-64(62,4)67(60)48-21-9-6-10-22-48/h5-14,19-34,37-42,61-62H,15-18,35-36H2,1-4H3. The first kappa shape index (κ1) is 39.5. The second-order valence-corrected chi connectivity index (χ2v) is 21.7. The highest BCUT2D eigenvalue weighted by Crippen LogP contribution is 2.65. The van der Waals surface area contributed by atoms with Crippen LogP contribution in [0.25, 0.3) is 44.5 Å². The number of nitrogens with zero attached hydrogens (tertiary/aromatic N) is 2. The number of para-hydroxylation sites is 2. The summed E-state index contributed by atoms with van der Waals surface area (Å²) in [6.45, 7) is 10.1. The van der Waals surface area contributed by atoms with E-state index < -0.39 is 5.41 Å². The van der Waals surface area contributed by atoms with Crippen LogP contribution in [0.5, 0.6) is 0 Å². The van der Waals surface area contributed by atoms with Gasteiger partial charge in [0.15, 0.2) is 0 Å². The molecule has 8 aromatic carbocycles. The van der Waals surface area contributed by atoms with Crippen molar-refractivity contribution in [2.75, 3.05) is 9.80 Å². The molecule has 2 fully saturated rings. The maximum Gasteiger partial charge on any atom is 0.0725 e. The predicted molar refractivity (Wildman–Crippen MR) is 279 cm³/mol. The fraction of sp³-hybridized carbons (Fsp3) is 0.262. The average molecular weight is 867 g/mol. The lowest BCUT2D eigenvalue weighted by atomic mass is 9.67. The van der Waals surface area contributed by atoms with Gasteiger partial charge in [0.25, 0.3) is 0 Å². The summed E-state index contributed by atoms with van der Waals surface area (Å²) in [7, 11) is 0. The first-order valence-electron chi connectivity index (χ1n) is 25.3. The Morgan fingerprint density at radius 1 is 0.388 bits per heavy atom. The van der Waals surface area contributed by atoms with Gasteiger partial charge in [-0.2, -0.15) is 0 Å². The second-order valence-electron chi connectivity index (χ2n) is 21.7. The summed E-state index contributed by atoms with van der Waals surface area (Å²) in [6.07, 6.45) is 7.52. The van der Waals surface area contributed by atoms with E-state index in [4.69, 9.17) is 0 Å². The predicted octanol–water partition coefficient (Wildman–Crippen LogP) is 17.0. The summed E-state index contributed by atoms with van der Waals surface area (Å²) in [5, 5.41) is 0. The number of hydrogen-bond donors (Lipinski definition) is 0. The van der Waals surface area contributed by atoms with Crippen LogP contribution in [0.4, 0.5) is 22.7 Å². The molecule has 14 rings (SSSR count). The van der Waals surface area contributed by atoms with Gasteiger partial charge in [-0.25, -0.2) is 0 Å². The van der Waals surface area contributed by atoms with Gasteiger partial charge in [-0.15, -0.1) is 0 Å². The van der Waals surface area contributed by atoms with Gasteiger partial charge in [0.2, 0.25) is 0 Å². The largest absolute Gasteiger partial charge is 0.335 e. The number of rotatable bonds is 4. The van der Waals surface area contributed by atoms with E-state index in [1.807, 2.05) is 0 Å². The van der Waals surface area contributed by atoms with Gasteiger partial charge in [-0.1, -0.05) is 148 Å². The molecular weight excluding hydrogens is 809 g/mol. The van der Waals surface area contributed by atoms with E-state index in [0.717, 1.165) is 0 Å². The van der Waals surface area contributed by atoms with E-state index in [0.29, 0.717) is 23.7 Å². The number of anilines is 4. The van der Waals surface area contributed by atoms with Gasteiger partial charge in [0.1, 0.15) is 0 Å². The van der Waals surface area contributed by atoms with Crippen molar-refractivity contribution >= 4 is 22.7 Å². The molecule has 0 amide bonds. The molecule has 0 bridgehead atoms. The minimum atomic E-state index is -0.446. The van der Waals surface area contributed by atoms with Crippen molar-refractivity contribution in [3.8, 4) is 44.5 Å². The number of benzene rings is 8. The molecule has 328 valence electrons. The SMILES string of the molecule is CC1CCCC2(C)C1c1cc(-c3ccc4c(c3)C3(c5ccccc5-c5ccccc53)c3cc(-c5ccc6c(c5)C5C(C)CCCC5(C)N6c5ccccc5)ccc3-4)ccc1N2c1ccccc1. The molecule has 67 heavy (non-hydrogen) atoms. The summed E-state index contributed by atoms with van der Waals surface area (Å²) < 4.78 is 0. The van der Waals surface area contributed by atoms with Crippen molar-refractivity contribution in [2.24, 2.45) is 11.8 Å². The van der Waals surface area contributed by atoms with Crippen LogP contribution in [0.2, 0.25) is 0 Å². The van der Waals surface area contributed by atoms with Crippen molar-refractivity contribution in [1.29, 1.82) is 0 Å². The van der Waals surface area contributed by atoms with Gasteiger partial charge in [-0.3, -0.25) is 0 Å². The van der Waals surface area contributed by atoms with Gasteiger partial charge < -0.3 is 9.80 Å². The Morgan fingerprint density at radius 2 is 0.761 bits per heavy atom. The molecule has 0 aromatic heterocycles. The highest BCUT2D eigenvalue weighted by molar-refractivity contribution is 5.97. The smallest absolute Gasteiger partial charge is 0.0725 e. The minimum Gasteiger partial charge on any atom is -0.335 e. The molecule has 6 unspecified atom stereocenters. The van der Waals surface area contributed by atoms with Crippen LogP contribution < -0.4 is 9.80 Å². The zero-order valence-corrected chi connectivity index (χ0v) is 39.3. The monoisotopic (exact) mass is 866 g/mol. The zero-order chi connectivity index (χ0) is 44.8. The quantitative estimate of drug-likeness (QED) is 0.174. The van der Waals surface area contributed by atoms with E-state index in [2.05, 4.69) is 219 Å². The van der Waals surface area contributed by atoms with E-state index in [1.54, 1.807) is 0 Å². The normalized spacial score (nSPS) is 25.4. The van der Waals surface area contributed by atoms with Crippen molar-refractivity contribution in [2.45, 2.75) is 94.5 Å². The van der Waals surface area contributed by atoms with E-state index >= 15 is 0 Å². The molecule has 2 heterocycles. The third kappa shape index (κ3) is 5.22. The molecule has 6 aliphatic rings. The topological polar surface area (TPSA) is 6.48 Å². The molecule has 0 radical (unpaired) electrons. The van der Waals surface area contributed by atoms with Gasteiger partial charge in [0.05, 0.1) is 5.41 Å². The van der Waals surface area contributed by atoms with Crippen molar-refractivity contribution in [3.05, 3.63) is 215 Å². The Hall–Kier alpha value is -6.64. The molecule has 1 spiro atoms. The van der Waals surface area contributed by atoms with Crippen LogP contribution in [-0.2, 0) is 5.41 Å². The minimum absolute atomic E-state index is 0.0486. The molecular formula is C65H58N2. The van der Waals surface area contributed by atoms with Crippen LogP contribution in [0.3, 0.4) is 0 Å². The maximum atomic E-state index is 2.69. The first-order chi connectivity index (χ1) is 32.8. The molecule has 2 nitrogen and oxygen atoms in total. The van der Waals surface area contributed by atoms with Gasteiger partial charge in [0, 0.05) is 45.7 Å². The first-order valence-corrected chi connectivity index (χ1v) is 25.3. The molecule has 0 N–H and O–H groups in total. The van der Waals surface area contributed by atoms with Crippen molar-refractivity contribution in [1.82, 2.24) is 0 Å². The molecule has 2 saturated carbocycles. The summed E-state index contributed by atoms with van der Waals surface area (Å²) >= 11 is 0. The van der Waals surface area contributed by atoms with E-state index in [-0.39, 0.29) is 11.1 Å². The summed E-state index contributed by atoms with van der Waals surface area (Å²) in [5.74, 6) is 2.18. The zero-order valence-electron chi connectivity index (χ0n) is 39.3. The van der Waals surface area contributed by atoms with Gasteiger partial charge in [-0.05, 0) is 190 Å². The molecule has 2 heteroatoms. The Labute approximate surface area is 397 Å². The fourth-order valence-corrected chi connectivity index (χ4v) is 15.7. The van der Waals surface area contributed by atoms with Crippen molar-refractivity contribution in [3.63, 3.8) is 0 Å². The van der Waals surface area contributed by atoms with Crippen LogP contribution in [0.1, 0.15) is 111 Å². The number of fused-ring (bicyclic) bond motifs is 16. The Morgan fingerprint density at radius 3 is 1.21 bits per heavy atom. The van der Waals surface area contributed by atoms with Gasteiger partial charge >= 0.3 is 0 Å². The third-order valence-electron chi connectivity index (χ3n) is 18.2.